The third-order valence-corrected chi connectivity index (χ3v) is 6.16. The number of aliphatic carboxylic acids is 2. The number of hydrogen-bond donors (Lipinski definition) is 7. The maximum Gasteiger partial charge on any atom is 0.326 e. The fraction of sp³-hybridized carbons (Fsp3) is 0.696. The third kappa shape index (κ3) is 16.4. The minimum atomic E-state index is -1.57. The Hall–Kier alpha value is -3.24. The van der Waals surface area contributed by atoms with Crippen LogP contribution in [0.2, 0.25) is 0 Å². The molecule has 15 nitrogen and oxygen atoms in total. The molecule has 8 N–H and O–H groups in total. The van der Waals surface area contributed by atoms with Crippen LogP contribution in [0.25, 0.3) is 0 Å². The molecule has 0 saturated heterocycles. The Morgan fingerprint density at radius 3 is 2.13 bits per heavy atom. The van der Waals surface area contributed by atoms with Gasteiger partial charge in [0.1, 0.15) is 18.2 Å². The number of aliphatic hydroxyl groups excluding tert-OH is 1. The Labute approximate surface area is 230 Å². The van der Waals surface area contributed by atoms with Gasteiger partial charge in [-0.25, -0.2) is 4.79 Å². The summed E-state index contributed by atoms with van der Waals surface area (Å²) in [6, 6.07) is -2.36. The standard InChI is InChI=1S/C23H38N4O11S/c1-13(28)27-15(22(36)37)5-7-18(31)39-11-10-25-16(29)8-9-26-20(33)19(32)23(2,3)12-38-17(30)6-4-14(24)21(34)35/h14-15,19,32H,4-12,24H2,1-3H3,(H,25,29)(H,26,33)(H,27,28)(H,34,35)(H,36,37)/t14-,15-,19-/m0/s1. The first-order valence-corrected chi connectivity index (χ1v) is 13.1. The molecule has 3 atom stereocenters. The molecule has 0 fully saturated rings. The number of carboxylic acid groups (broad SMARTS) is 2. The molecule has 0 aliphatic carbocycles. The van der Waals surface area contributed by atoms with Crippen LogP contribution in [0.4, 0.5) is 0 Å². The van der Waals surface area contributed by atoms with Crippen LogP contribution in [0.3, 0.4) is 0 Å². The van der Waals surface area contributed by atoms with E-state index in [1.807, 2.05) is 0 Å². The second-order valence-electron chi connectivity index (χ2n) is 9.28. The molecule has 39 heavy (non-hydrogen) atoms. The fourth-order valence-electron chi connectivity index (χ4n) is 2.85. The lowest BCUT2D eigenvalue weighted by atomic mass is 9.87. The first-order chi connectivity index (χ1) is 18.1. The van der Waals surface area contributed by atoms with Gasteiger partial charge < -0.3 is 41.7 Å². The fourth-order valence-corrected chi connectivity index (χ4v) is 3.54. The lowest BCUT2D eigenvalue weighted by Crippen LogP contribution is -2.47. The van der Waals surface area contributed by atoms with E-state index in [-0.39, 0.29) is 62.7 Å². The van der Waals surface area contributed by atoms with Gasteiger partial charge in [0.05, 0.1) is 6.61 Å². The van der Waals surface area contributed by atoms with E-state index < -0.39 is 59.2 Å². The molecule has 0 aliphatic heterocycles. The summed E-state index contributed by atoms with van der Waals surface area (Å²) in [6.07, 6.45) is -2.16. The van der Waals surface area contributed by atoms with E-state index in [1.54, 1.807) is 0 Å². The summed E-state index contributed by atoms with van der Waals surface area (Å²) in [7, 11) is 0. The lowest BCUT2D eigenvalue weighted by molar-refractivity contribution is -0.153. The predicted octanol–water partition coefficient (Wildman–Crippen LogP) is -1.64. The van der Waals surface area contributed by atoms with Crippen LogP contribution in [-0.4, -0.2) is 99.7 Å². The van der Waals surface area contributed by atoms with Gasteiger partial charge in [-0.1, -0.05) is 25.6 Å². The number of carbonyl (C=O) groups is 7. The average Bonchev–Trinajstić information content (AvgIpc) is 2.85. The Balaban J connectivity index is 4.21. The number of ether oxygens (including phenoxy) is 1. The van der Waals surface area contributed by atoms with Gasteiger partial charge in [0.15, 0.2) is 5.12 Å². The highest BCUT2D eigenvalue weighted by molar-refractivity contribution is 8.13. The molecule has 0 aromatic rings. The Morgan fingerprint density at radius 2 is 1.56 bits per heavy atom. The highest BCUT2D eigenvalue weighted by Gasteiger charge is 2.35. The summed E-state index contributed by atoms with van der Waals surface area (Å²) >= 11 is 0.908. The molecule has 3 amide bonds. The van der Waals surface area contributed by atoms with Gasteiger partial charge in [0.25, 0.3) is 0 Å². The molecule has 0 radical (unpaired) electrons. The molecular formula is C23H38N4O11S. The van der Waals surface area contributed by atoms with E-state index in [4.69, 9.17) is 20.7 Å². The van der Waals surface area contributed by atoms with E-state index in [1.165, 1.54) is 20.8 Å². The molecule has 0 spiro atoms. The van der Waals surface area contributed by atoms with Gasteiger partial charge in [0, 0.05) is 50.4 Å². The first kappa shape index (κ1) is 35.8. The zero-order valence-corrected chi connectivity index (χ0v) is 23.0. The van der Waals surface area contributed by atoms with Crippen molar-refractivity contribution in [3.63, 3.8) is 0 Å². The number of hydrogen-bond acceptors (Lipinski definition) is 11. The van der Waals surface area contributed by atoms with Crippen LogP contribution < -0.4 is 21.7 Å². The zero-order chi connectivity index (χ0) is 30.2. The van der Waals surface area contributed by atoms with Crippen LogP contribution in [0.1, 0.15) is 52.9 Å². The van der Waals surface area contributed by atoms with Crippen molar-refractivity contribution in [2.24, 2.45) is 11.1 Å². The highest BCUT2D eigenvalue weighted by Crippen LogP contribution is 2.22. The van der Waals surface area contributed by atoms with Crippen LogP contribution in [-0.2, 0) is 38.3 Å². The minimum Gasteiger partial charge on any atom is -0.480 e. The molecule has 0 bridgehead atoms. The van der Waals surface area contributed by atoms with E-state index in [2.05, 4.69) is 16.0 Å². The number of rotatable bonds is 19. The second kappa shape index (κ2) is 18.1. The molecule has 0 aromatic heterocycles. The number of carbonyl (C=O) groups excluding carboxylic acids is 5. The monoisotopic (exact) mass is 578 g/mol. The zero-order valence-electron chi connectivity index (χ0n) is 22.2. The quantitative estimate of drug-likeness (QED) is 0.0671. The Bertz CT molecular complexity index is 897. The minimum absolute atomic E-state index is 0.0562. The van der Waals surface area contributed by atoms with Gasteiger partial charge in [-0.2, -0.15) is 0 Å². The maximum absolute atomic E-state index is 12.2. The highest BCUT2D eigenvalue weighted by atomic mass is 32.2. The second-order valence-corrected chi connectivity index (χ2v) is 10.4. The summed E-state index contributed by atoms with van der Waals surface area (Å²) < 4.78 is 5.01. The van der Waals surface area contributed by atoms with Crippen molar-refractivity contribution >= 4 is 52.5 Å². The molecule has 0 heterocycles. The van der Waals surface area contributed by atoms with Crippen molar-refractivity contribution in [3.05, 3.63) is 0 Å². The largest absolute Gasteiger partial charge is 0.480 e. The SMILES string of the molecule is CC(=O)N[C@@H](CCC(=O)SCCNC(=O)CCNC(=O)[C@H](O)C(C)(C)COC(=O)CC[C@H](N)C(=O)O)C(=O)O. The summed E-state index contributed by atoms with van der Waals surface area (Å²) in [5, 5.41) is 35.0. The third-order valence-electron chi connectivity index (χ3n) is 5.22. The normalized spacial score (nSPS) is 13.4. The Kier molecular flexibility index (Phi) is 16.6. The van der Waals surface area contributed by atoms with Crippen LogP contribution in [0, 0.1) is 5.41 Å². The van der Waals surface area contributed by atoms with Gasteiger partial charge in [-0.3, -0.25) is 28.8 Å². The molecule has 16 heteroatoms. The summed E-state index contributed by atoms with van der Waals surface area (Å²) in [5.41, 5.74) is 4.15. The molecule has 0 saturated carbocycles. The topological polar surface area (TPSA) is 252 Å². The number of esters is 1. The predicted molar refractivity (Wildman–Crippen MR) is 138 cm³/mol. The van der Waals surface area contributed by atoms with Crippen molar-refractivity contribution in [1.82, 2.24) is 16.0 Å². The molecule has 0 unspecified atom stereocenters. The lowest BCUT2D eigenvalue weighted by Gasteiger charge is -2.29. The van der Waals surface area contributed by atoms with Crippen LogP contribution >= 0.6 is 11.8 Å². The molecule has 0 aliphatic rings. The molecule has 0 rings (SSSR count). The first-order valence-electron chi connectivity index (χ1n) is 12.1. The average molecular weight is 579 g/mol. The van der Waals surface area contributed by atoms with Gasteiger partial charge in [0.2, 0.25) is 17.7 Å². The summed E-state index contributed by atoms with van der Waals surface area (Å²) in [4.78, 5) is 80.5. The Morgan fingerprint density at radius 1 is 0.923 bits per heavy atom. The molecular weight excluding hydrogens is 540 g/mol. The van der Waals surface area contributed by atoms with E-state index in [0.29, 0.717) is 0 Å². The number of aliphatic hydroxyl groups is 1. The van der Waals surface area contributed by atoms with Crippen molar-refractivity contribution < 1.29 is 53.6 Å². The van der Waals surface area contributed by atoms with Crippen LogP contribution in [0.5, 0.6) is 0 Å². The van der Waals surface area contributed by atoms with Gasteiger partial charge >= 0.3 is 17.9 Å². The maximum atomic E-state index is 12.2. The van der Waals surface area contributed by atoms with E-state index in [0.717, 1.165) is 11.8 Å². The number of nitrogens with one attached hydrogen (secondary N) is 3. The number of nitrogens with two attached hydrogens (primary N) is 1. The molecule has 222 valence electrons. The van der Waals surface area contributed by atoms with E-state index in [9.17, 15) is 38.7 Å². The molecule has 0 aromatic carbocycles. The smallest absolute Gasteiger partial charge is 0.326 e. The van der Waals surface area contributed by atoms with Crippen molar-refractivity contribution in [2.45, 2.75) is 71.1 Å². The summed E-state index contributed by atoms with van der Waals surface area (Å²) in [6.45, 7) is 3.90. The van der Waals surface area contributed by atoms with Crippen molar-refractivity contribution in [1.29, 1.82) is 0 Å². The van der Waals surface area contributed by atoms with Crippen LogP contribution in [0.15, 0.2) is 0 Å². The van der Waals surface area contributed by atoms with E-state index >= 15 is 0 Å². The van der Waals surface area contributed by atoms with Crippen molar-refractivity contribution in [2.75, 3.05) is 25.4 Å². The number of carboxylic acids is 2. The van der Waals surface area contributed by atoms with Gasteiger partial charge in [-0.05, 0) is 12.8 Å². The number of thioether (sulfide) groups is 1. The van der Waals surface area contributed by atoms with Crippen molar-refractivity contribution in [3.8, 4) is 0 Å². The number of amides is 3. The summed E-state index contributed by atoms with van der Waals surface area (Å²) in [5.74, 6) is -4.68. The van der Waals surface area contributed by atoms with Gasteiger partial charge in [-0.15, -0.1) is 0 Å².